The second kappa shape index (κ2) is 36.2. The number of rotatable bonds is 30. The predicted molar refractivity (Wildman–Crippen MR) is 378 cm³/mol. The third-order valence-corrected chi connectivity index (χ3v) is 15.8. The van der Waals surface area contributed by atoms with Gasteiger partial charge < -0.3 is 38.3 Å². The van der Waals surface area contributed by atoms with E-state index in [2.05, 4.69) is 154 Å². The Morgan fingerprint density at radius 1 is 0.402 bits per heavy atom. The van der Waals surface area contributed by atoms with Gasteiger partial charge in [-0.2, -0.15) is 0 Å². The summed E-state index contributed by atoms with van der Waals surface area (Å²) in [5, 5.41) is 11.5. The maximum absolute atomic E-state index is 11.5. The molecule has 92 heavy (non-hydrogen) atoms. The lowest BCUT2D eigenvalue weighted by molar-refractivity contribution is 0.0885. The average molecular weight is 1220 g/mol. The van der Waals surface area contributed by atoms with Crippen LogP contribution < -0.4 is 14.2 Å². The topological polar surface area (TPSA) is 84.8 Å². The Kier molecular flexibility index (Phi) is 26.8. The van der Waals surface area contributed by atoms with Gasteiger partial charge in [-0.3, -0.25) is 0 Å². The van der Waals surface area contributed by atoms with E-state index in [1.165, 1.54) is 11.1 Å². The Balaban J connectivity index is 0.000000693. The normalized spacial score (nSPS) is 11.3. The Bertz CT molecular complexity index is 3890. The third kappa shape index (κ3) is 19.2. The molecule has 8 nitrogen and oxygen atoms in total. The SMILES string of the molecule is C#Cc1ccc(COCCOc2ccccc2-c2cc(C(C)(c3ccc(-c4ccccc4)cc3)c3ccc(OCCOCc4ccc(C=C)cc4)c(-c4ccccc4O)c3)ccc2OCCOCc2ccc(C=C)cc2)cc1.CC.CCOCc1ccc(CC)cc1. The van der Waals surface area contributed by atoms with E-state index in [0.717, 1.165) is 97.5 Å². The molecule has 8 heteroatoms. The summed E-state index contributed by atoms with van der Waals surface area (Å²) in [5.41, 5.74) is 16.3. The van der Waals surface area contributed by atoms with Crippen molar-refractivity contribution in [3.05, 3.63) is 311 Å². The number of phenolic OH excluding ortho intramolecular Hbond substituents is 1. The van der Waals surface area contributed by atoms with Crippen molar-refractivity contribution in [1.29, 1.82) is 0 Å². The van der Waals surface area contributed by atoms with E-state index in [0.29, 0.717) is 82.3 Å². The molecule has 1 unspecified atom stereocenters. The average Bonchev–Trinajstić information content (AvgIpc) is 0.753. The highest BCUT2D eigenvalue weighted by molar-refractivity contribution is 5.79. The van der Waals surface area contributed by atoms with Crippen LogP contribution in [0.3, 0.4) is 0 Å². The molecule has 0 aliphatic heterocycles. The molecule has 0 saturated carbocycles. The molecule has 0 heterocycles. The van der Waals surface area contributed by atoms with Crippen LogP contribution in [0.1, 0.15) is 95.8 Å². The van der Waals surface area contributed by atoms with Gasteiger partial charge in [-0.05, 0) is 136 Å². The van der Waals surface area contributed by atoms with Gasteiger partial charge in [0.2, 0.25) is 0 Å². The highest BCUT2D eigenvalue weighted by Gasteiger charge is 2.34. The van der Waals surface area contributed by atoms with E-state index in [-0.39, 0.29) is 5.75 Å². The zero-order chi connectivity index (χ0) is 64.8. The number of para-hydroxylation sites is 2. The van der Waals surface area contributed by atoms with E-state index in [4.69, 9.17) is 39.6 Å². The van der Waals surface area contributed by atoms with Crippen molar-refractivity contribution >= 4 is 12.2 Å². The number of hydrogen-bond acceptors (Lipinski definition) is 8. The number of terminal acetylenes is 1. The number of hydrogen-bond donors (Lipinski definition) is 1. The van der Waals surface area contributed by atoms with Crippen molar-refractivity contribution in [3.63, 3.8) is 0 Å². The molecule has 0 spiro atoms. The zero-order valence-corrected chi connectivity index (χ0v) is 54.0. The van der Waals surface area contributed by atoms with E-state index < -0.39 is 5.41 Å². The molecular formula is C84H86O8. The fraction of sp³-hybridized carbons (Fsp3) is 0.214. The van der Waals surface area contributed by atoms with Crippen molar-refractivity contribution in [2.75, 3.05) is 46.2 Å². The first-order valence-electron chi connectivity index (χ1n) is 31.8. The van der Waals surface area contributed by atoms with Crippen LogP contribution in [0.5, 0.6) is 23.0 Å². The highest BCUT2D eigenvalue weighted by atomic mass is 16.5. The Morgan fingerprint density at radius 2 is 0.793 bits per heavy atom. The molecule has 1 N–H and O–H groups in total. The van der Waals surface area contributed by atoms with Crippen molar-refractivity contribution in [1.82, 2.24) is 0 Å². The maximum atomic E-state index is 11.5. The van der Waals surface area contributed by atoms with Crippen molar-refractivity contribution in [3.8, 4) is 68.7 Å². The highest BCUT2D eigenvalue weighted by Crippen LogP contribution is 2.47. The van der Waals surface area contributed by atoms with Crippen LogP contribution in [-0.4, -0.2) is 51.4 Å². The van der Waals surface area contributed by atoms with Crippen LogP contribution in [0.15, 0.2) is 250 Å². The monoisotopic (exact) mass is 1220 g/mol. The molecular weight excluding hydrogens is 1140 g/mol. The summed E-state index contributed by atoms with van der Waals surface area (Å²) in [6, 6.07) is 80.0. The molecule has 0 aliphatic carbocycles. The first kappa shape index (κ1) is 68.2. The quantitative estimate of drug-likeness (QED) is 0.0271. The van der Waals surface area contributed by atoms with E-state index in [1.54, 1.807) is 6.07 Å². The van der Waals surface area contributed by atoms with Gasteiger partial charge in [0.15, 0.2) is 0 Å². The summed E-state index contributed by atoms with van der Waals surface area (Å²) in [6.07, 6.45) is 10.3. The molecule has 10 aromatic rings. The van der Waals surface area contributed by atoms with Gasteiger partial charge in [-0.1, -0.05) is 240 Å². The van der Waals surface area contributed by atoms with Crippen LogP contribution in [0.4, 0.5) is 0 Å². The first-order chi connectivity index (χ1) is 45.2. The summed E-state index contributed by atoms with van der Waals surface area (Å²) < 4.78 is 43.3. The maximum Gasteiger partial charge on any atom is 0.127 e. The molecule has 0 saturated heterocycles. The molecule has 10 aromatic carbocycles. The predicted octanol–water partition coefficient (Wildman–Crippen LogP) is 19.6. The Labute approximate surface area is 546 Å². The van der Waals surface area contributed by atoms with Gasteiger partial charge in [0.1, 0.15) is 42.8 Å². The molecule has 1 atom stereocenters. The molecule has 0 amide bonds. The van der Waals surface area contributed by atoms with E-state index >= 15 is 0 Å². The molecule has 470 valence electrons. The van der Waals surface area contributed by atoms with Gasteiger partial charge in [-0.15, -0.1) is 6.42 Å². The summed E-state index contributed by atoms with van der Waals surface area (Å²) in [5.74, 6) is 4.80. The van der Waals surface area contributed by atoms with Crippen molar-refractivity contribution in [2.24, 2.45) is 0 Å². The van der Waals surface area contributed by atoms with Crippen molar-refractivity contribution in [2.45, 2.75) is 72.9 Å². The number of benzene rings is 10. The Hall–Kier alpha value is -9.72. The van der Waals surface area contributed by atoms with Crippen LogP contribution in [0.2, 0.25) is 0 Å². The second-order valence-corrected chi connectivity index (χ2v) is 21.7. The van der Waals surface area contributed by atoms with Gasteiger partial charge >= 0.3 is 0 Å². The summed E-state index contributed by atoms with van der Waals surface area (Å²) in [7, 11) is 0. The van der Waals surface area contributed by atoms with Gasteiger partial charge in [0.05, 0.1) is 46.2 Å². The molecule has 0 bridgehead atoms. The van der Waals surface area contributed by atoms with E-state index in [1.807, 2.05) is 142 Å². The second-order valence-electron chi connectivity index (χ2n) is 21.7. The van der Waals surface area contributed by atoms with Crippen LogP contribution >= 0.6 is 0 Å². The number of phenols is 1. The Morgan fingerprint density at radius 3 is 1.26 bits per heavy atom. The van der Waals surface area contributed by atoms with Gasteiger partial charge in [0, 0.05) is 39.8 Å². The molecule has 10 rings (SSSR count). The van der Waals surface area contributed by atoms with Crippen molar-refractivity contribution < 1.29 is 38.3 Å². The van der Waals surface area contributed by atoms with Gasteiger partial charge in [0.25, 0.3) is 0 Å². The lowest BCUT2D eigenvalue weighted by Gasteiger charge is -2.33. The van der Waals surface area contributed by atoms with Crippen LogP contribution in [-0.2, 0) is 57.2 Å². The fourth-order valence-electron chi connectivity index (χ4n) is 10.5. The minimum absolute atomic E-state index is 0.145. The van der Waals surface area contributed by atoms with Crippen LogP contribution in [0, 0.1) is 12.3 Å². The standard InChI is InChI=1S/C71H64O7.C11H16O.C2H6/c1-5-52-21-27-55(28-22-52)49-73-41-44-76-68-20-14-12-18-64(68)66-48-62(38-40-70(66)78-46-43-75-51-57-31-25-54(7-3)26-32-57)71(4,60-35-33-59(34-36-60)58-15-9-8-10-16-58)61-37-39-69(65(47-61)63-17-11-13-19-67(63)72)77-45-42-74-50-56-29-23-53(6-2)24-30-56;1-3-10-5-7-11(8-6-10)9-12-4-2;1-2/h1,6-40,47-48,72H,2-3,41-46,49-51H2,4H3;5-8H,3-4,9H2,1-2H3;1-2H3. The summed E-state index contributed by atoms with van der Waals surface area (Å²) in [6.45, 7) is 23.1. The first-order valence-corrected chi connectivity index (χ1v) is 31.8. The largest absolute Gasteiger partial charge is 0.507 e. The smallest absolute Gasteiger partial charge is 0.127 e. The van der Waals surface area contributed by atoms with Gasteiger partial charge in [-0.25, -0.2) is 0 Å². The molecule has 0 radical (unpaired) electrons. The fourth-order valence-corrected chi connectivity index (χ4v) is 10.5. The molecule has 0 aromatic heterocycles. The minimum atomic E-state index is -0.781. The summed E-state index contributed by atoms with van der Waals surface area (Å²) >= 11 is 0. The molecule has 0 aliphatic rings. The zero-order valence-electron chi connectivity index (χ0n) is 54.0. The lowest BCUT2D eigenvalue weighted by atomic mass is 9.70. The third-order valence-electron chi connectivity index (χ3n) is 15.8. The number of aryl methyl sites for hydroxylation is 1. The van der Waals surface area contributed by atoms with E-state index in [9.17, 15) is 5.11 Å². The summed E-state index contributed by atoms with van der Waals surface area (Å²) in [4.78, 5) is 0. The minimum Gasteiger partial charge on any atom is -0.507 e. The van der Waals surface area contributed by atoms with Crippen LogP contribution in [0.25, 0.3) is 45.5 Å². The number of ether oxygens (including phenoxy) is 7. The lowest BCUT2D eigenvalue weighted by Crippen LogP contribution is -2.26. The number of aromatic hydroxyl groups is 1. The molecule has 0 fully saturated rings.